The molecule has 1 aromatic rings. The van der Waals surface area contributed by atoms with Crippen LogP contribution in [0.25, 0.3) is 0 Å². The van der Waals surface area contributed by atoms with Crippen LogP contribution in [-0.4, -0.2) is 337 Å². The van der Waals surface area contributed by atoms with Gasteiger partial charge in [0.1, 0.15) is 146 Å². The summed E-state index contributed by atoms with van der Waals surface area (Å²) in [4.78, 5) is 65.6. The summed E-state index contributed by atoms with van der Waals surface area (Å²) in [7, 11) is -2.99. The van der Waals surface area contributed by atoms with Gasteiger partial charge in [-0.1, -0.05) is 44.4 Å². The zero-order valence-electron chi connectivity index (χ0n) is 58.7. The summed E-state index contributed by atoms with van der Waals surface area (Å²) in [5.41, 5.74) is 0.0295. The van der Waals surface area contributed by atoms with Crippen LogP contribution in [0.1, 0.15) is 96.8 Å². The Morgan fingerprint density at radius 2 is 0.942 bits per heavy atom. The van der Waals surface area contributed by atoms with Gasteiger partial charge in [-0.15, -0.1) is 0 Å². The van der Waals surface area contributed by atoms with Crippen molar-refractivity contribution in [3.63, 3.8) is 0 Å². The van der Waals surface area contributed by atoms with Crippen LogP contribution >= 0.6 is 0 Å². The van der Waals surface area contributed by atoms with Crippen LogP contribution in [-0.2, 0) is 94.8 Å². The van der Waals surface area contributed by atoms with E-state index < -0.39 is 257 Å². The first kappa shape index (κ1) is 86.3. The third-order valence-electron chi connectivity index (χ3n) is 18.2. The minimum absolute atomic E-state index is 0.0295. The number of carbonyl (C=O) groups excluding carboxylic acids is 5. The second-order valence-electron chi connectivity index (χ2n) is 26.0. The number of nitrogens with one attached hydrogen (secondary N) is 5. The molecule has 1 aromatic carbocycles. The molecule has 0 spiro atoms. The van der Waals surface area contributed by atoms with E-state index in [1.807, 2.05) is 0 Å². The van der Waals surface area contributed by atoms with Crippen LogP contribution < -0.4 is 31.3 Å². The lowest BCUT2D eigenvalue weighted by Crippen LogP contribution is -2.72. The third-order valence-corrected chi connectivity index (χ3v) is 19.1. The second-order valence-corrected chi connectivity index (χ2v) is 27.3. The molecular weight excluding hydrogens is 1410 g/mol. The van der Waals surface area contributed by atoms with Gasteiger partial charge in [0.15, 0.2) is 37.7 Å². The average molecular weight is 1520 g/mol. The largest absolute Gasteiger partial charge is 0.494 e. The third kappa shape index (κ3) is 22.6. The molecule has 17 N–H and O–H groups in total. The zero-order valence-corrected chi connectivity index (χ0v) is 59.5. The van der Waals surface area contributed by atoms with Crippen LogP contribution in [0.4, 0.5) is 0 Å². The molecule has 6 heterocycles. The van der Waals surface area contributed by atoms with E-state index in [0.29, 0.717) is 18.8 Å². The van der Waals surface area contributed by atoms with E-state index in [1.54, 1.807) is 12.1 Å². The normalized spacial score (nSPS) is 38.4. The molecule has 6 aliphatic heterocycles. The molecule has 5 amide bonds. The molecule has 30 unspecified atom stereocenters. The van der Waals surface area contributed by atoms with Gasteiger partial charge in [0, 0.05) is 40.4 Å². The van der Waals surface area contributed by atoms with Crippen molar-refractivity contribution >= 4 is 39.9 Å². The molecule has 40 heteroatoms. The van der Waals surface area contributed by atoms with E-state index in [9.17, 15) is 93.7 Å². The molecule has 7 rings (SSSR count). The number of hydrogen-bond donors (Lipinski definition) is 17. The molecule has 0 saturated carbocycles. The van der Waals surface area contributed by atoms with Gasteiger partial charge in [-0.3, -0.25) is 28.2 Å². The predicted octanol–water partition coefficient (Wildman–Crippen LogP) is -6.80. The summed E-state index contributed by atoms with van der Waals surface area (Å²) in [6.07, 6.45) is -34.3. The Balaban J connectivity index is 1.12. The molecule has 104 heavy (non-hydrogen) atoms. The predicted molar refractivity (Wildman–Crippen MR) is 348 cm³/mol. The Bertz CT molecular complexity index is 3020. The Labute approximate surface area is 600 Å². The smallest absolute Gasteiger partial charge is 0.399 e. The maximum atomic E-state index is 14.0. The highest BCUT2D eigenvalue weighted by Crippen LogP contribution is 2.37. The number of rotatable bonds is 35. The van der Waals surface area contributed by atoms with Crippen LogP contribution in [0.15, 0.2) is 36.4 Å². The monoisotopic (exact) mass is 1520 g/mol. The first-order valence-corrected chi connectivity index (χ1v) is 35.6. The highest BCUT2D eigenvalue weighted by Gasteiger charge is 2.59. The SMILES string of the molecule is CCCCCC/C=C\CCCOc1cccc(C(=O)NC2C(OC3C(CO)OC(OC4C(CO)OC(OC5C(COS(=O)(=O)OC)OC(OC6C(COC7OC(C)C(O)C(OC)C7O)OC(O)C(NC(C)=O)C6O)C(NC(C)=O)C5O)C(NC(C)=O)C4O)C(NC(C)=O)C3O)OC(CO)C(O)C2O)c1. The Kier molecular flexibility index (Phi) is 33.6. The molecule has 594 valence electrons. The van der Waals surface area contributed by atoms with Crippen LogP contribution in [0.5, 0.6) is 5.75 Å². The lowest BCUT2D eigenvalue weighted by molar-refractivity contribution is -0.368. The number of hydrogen-bond acceptors (Lipinski definition) is 34. The van der Waals surface area contributed by atoms with E-state index in [1.165, 1.54) is 39.0 Å². The van der Waals surface area contributed by atoms with Gasteiger partial charge in [-0.05, 0) is 50.8 Å². The fraction of sp³-hybridized carbons (Fsp3) is 0.797. The quantitative estimate of drug-likeness (QED) is 0.0222. The van der Waals surface area contributed by atoms with Gasteiger partial charge in [0.2, 0.25) is 23.6 Å². The molecule has 0 aromatic heterocycles. The van der Waals surface area contributed by atoms with Crippen LogP contribution in [0, 0.1) is 0 Å². The first-order valence-electron chi connectivity index (χ1n) is 34.3. The minimum atomic E-state index is -4.92. The number of allylic oxidation sites excluding steroid dienone is 2. The number of benzene rings is 1. The van der Waals surface area contributed by atoms with Crippen molar-refractivity contribution in [1.29, 1.82) is 0 Å². The maximum absolute atomic E-state index is 14.0. The van der Waals surface area contributed by atoms with Crippen molar-refractivity contribution in [3.05, 3.63) is 42.0 Å². The second kappa shape index (κ2) is 40.5. The Morgan fingerprint density at radius 3 is 1.42 bits per heavy atom. The van der Waals surface area contributed by atoms with Crippen molar-refractivity contribution in [1.82, 2.24) is 26.6 Å². The summed E-state index contributed by atoms with van der Waals surface area (Å²) in [6.45, 7) is 2.96. The molecular formula is C64H103N5O34S. The van der Waals surface area contributed by atoms with Crippen molar-refractivity contribution in [2.45, 2.75) is 270 Å². The molecule has 6 saturated heterocycles. The van der Waals surface area contributed by atoms with Crippen molar-refractivity contribution in [3.8, 4) is 5.75 Å². The fourth-order valence-electron chi connectivity index (χ4n) is 12.9. The number of unbranched alkanes of at least 4 members (excludes halogenated alkanes) is 5. The lowest BCUT2D eigenvalue weighted by atomic mass is 9.93. The summed E-state index contributed by atoms with van der Waals surface area (Å²) < 4.78 is 113. The number of amides is 5. The van der Waals surface area contributed by atoms with E-state index >= 15 is 0 Å². The van der Waals surface area contributed by atoms with Gasteiger partial charge in [0.05, 0.1) is 52.9 Å². The van der Waals surface area contributed by atoms with Crippen LogP contribution in [0.3, 0.4) is 0 Å². The zero-order chi connectivity index (χ0) is 76.4. The minimum Gasteiger partial charge on any atom is -0.494 e. The molecule has 0 bridgehead atoms. The van der Waals surface area contributed by atoms with Gasteiger partial charge in [-0.25, -0.2) is 4.18 Å². The summed E-state index contributed by atoms with van der Waals surface area (Å²) in [5, 5.41) is 149. The topological polar surface area (TPSA) is 561 Å². The van der Waals surface area contributed by atoms with Gasteiger partial charge in [-0.2, -0.15) is 8.42 Å². The number of ether oxygens (including phenoxy) is 13. The Hall–Kier alpha value is -4.98. The number of carbonyl (C=O) groups is 5. The standard InChI is InChI=1S/C64H103N5O34S/c1-9-10-11-12-13-14-15-16-17-21-91-34-20-18-19-33(22-34)58(85)69-41-47(79)46(78)35(23-70)96-60(41)100-53-36(24-71)97-61(42(49(53)81)66-30(4)74)101-54-37(25-72)98-62(43(50(54)82)67-31(5)75)103-56-39(27-93-104(87,88)90-8)99-63(44(51(56)83)68-32(6)76)102-55-38(95-59(86)40(48(55)80)65-29(3)73)26-92-64-52(84)57(89-7)45(77)28(2)94-64/h14-15,18-20,22,28,35-57,59-64,70-72,77-84,86H,9-13,16-17,21,23-27H2,1-8H3,(H,65,73)(H,66,74)(H,67,75)(H,68,76)(H,69,85)/b15-14-. The highest BCUT2D eigenvalue weighted by atomic mass is 32.3. The molecule has 0 radical (unpaired) electrons. The van der Waals surface area contributed by atoms with E-state index in [2.05, 4.69) is 49.8 Å². The van der Waals surface area contributed by atoms with Crippen molar-refractivity contribution in [2.24, 2.45) is 0 Å². The summed E-state index contributed by atoms with van der Waals surface area (Å²) in [5.74, 6) is -3.94. The maximum Gasteiger partial charge on any atom is 0.399 e. The van der Waals surface area contributed by atoms with E-state index in [-0.39, 0.29) is 5.56 Å². The summed E-state index contributed by atoms with van der Waals surface area (Å²) >= 11 is 0. The average Bonchev–Trinajstić information content (AvgIpc) is 0.767. The summed E-state index contributed by atoms with van der Waals surface area (Å²) in [6, 6.07) is -2.93. The molecule has 39 nitrogen and oxygen atoms in total. The lowest BCUT2D eigenvalue weighted by Gasteiger charge is -2.51. The Morgan fingerprint density at radius 1 is 0.490 bits per heavy atom. The van der Waals surface area contributed by atoms with E-state index in [0.717, 1.165) is 60.5 Å². The first-order chi connectivity index (χ1) is 49.4. The number of methoxy groups -OCH3 is 1. The molecule has 0 aliphatic carbocycles. The van der Waals surface area contributed by atoms with Crippen molar-refractivity contribution in [2.75, 3.05) is 53.9 Å². The van der Waals surface area contributed by atoms with Crippen LogP contribution in [0.2, 0.25) is 0 Å². The molecule has 6 fully saturated rings. The van der Waals surface area contributed by atoms with Crippen molar-refractivity contribution < 1.29 is 164 Å². The van der Waals surface area contributed by atoms with Gasteiger partial charge >= 0.3 is 10.4 Å². The van der Waals surface area contributed by atoms with Gasteiger partial charge in [0.25, 0.3) is 5.91 Å². The molecule has 30 atom stereocenters. The highest BCUT2D eigenvalue weighted by molar-refractivity contribution is 7.81. The van der Waals surface area contributed by atoms with E-state index in [4.69, 9.17) is 65.8 Å². The fourth-order valence-corrected chi connectivity index (χ4v) is 13.3. The number of aliphatic hydroxyl groups is 12. The molecule has 6 aliphatic rings. The van der Waals surface area contributed by atoms with Gasteiger partial charge < -0.3 is 149 Å². The number of aliphatic hydroxyl groups excluding tert-OH is 12.